The molecule has 2 N–H and O–H groups in total. The van der Waals surface area contributed by atoms with Gasteiger partial charge in [-0.15, -0.1) is 0 Å². The molecule has 0 saturated carbocycles. The molecule has 8 heteroatoms. The number of amides is 2. The molecule has 1 aliphatic rings. The Bertz CT molecular complexity index is 1160. The lowest BCUT2D eigenvalue weighted by Gasteiger charge is -2.12. The Labute approximate surface area is 173 Å². The molecule has 4 rings (SSSR count). The summed E-state index contributed by atoms with van der Waals surface area (Å²) in [4.78, 5) is 29.3. The largest absolute Gasteiger partial charge is 0.493 e. The summed E-state index contributed by atoms with van der Waals surface area (Å²) < 4.78 is 11.9. The molecule has 0 atom stereocenters. The molecule has 0 aliphatic heterocycles. The number of urea groups is 1. The Hall–Kier alpha value is -3.81. The SMILES string of the molecule is COc1ccc(NC(=O)Nc2nccn(-c3ccc4c(c3)CCC4)c2=O)cc1OC. The van der Waals surface area contributed by atoms with Crippen molar-refractivity contribution in [3.63, 3.8) is 0 Å². The number of rotatable bonds is 5. The van der Waals surface area contributed by atoms with Gasteiger partial charge in [0, 0.05) is 29.8 Å². The monoisotopic (exact) mass is 406 g/mol. The van der Waals surface area contributed by atoms with Gasteiger partial charge in [0.1, 0.15) is 0 Å². The van der Waals surface area contributed by atoms with E-state index >= 15 is 0 Å². The van der Waals surface area contributed by atoms with Crippen LogP contribution in [0.2, 0.25) is 0 Å². The van der Waals surface area contributed by atoms with Crippen LogP contribution in [0.4, 0.5) is 16.3 Å². The van der Waals surface area contributed by atoms with E-state index in [0.29, 0.717) is 17.2 Å². The lowest BCUT2D eigenvalue weighted by Crippen LogP contribution is -2.28. The summed E-state index contributed by atoms with van der Waals surface area (Å²) in [5, 5.41) is 5.18. The molecular formula is C22H22N4O4. The summed E-state index contributed by atoms with van der Waals surface area (Å²) in [6.45, 7) is 0. The zero-order chi connectivity index (χ0) is 21.1. The summed E-state index contributed by atoms with van der Waals surface area (Å²) in [5.41, 5.74) is 3.43. The molecular weight excluding hydrogens is 384 g/mol. The summed E-state index contributed by atoms with van der Waals surface area (Å²) in [6.07, 6.45) is 6.30. The van der Waals surface area contributed by atoms with E-state index in [1.54, 1.807) is 24.4 Å². The van der Waals surface area contributed by atoms with Crippen LogP contribution in [-0.4, -0.2) is 29.8 Å². The Morgan fingerprint density at radius 1 is 1.00 bits per heavy atom. The number of aryl methyl sites for hydroxylation is 2. The van der Waals surface area contributed by atoms with Crippen molar-refractivity contribution in [3.8, 4) is 17.2 Å². The molecule has 154 valence electrons. The maximum atomic E-state index is 12.9. The van der Waals surface area contributed by atoms with Crippen LogP contribution in [0, 0.1) is 0 Å². The molecule has 1 heterocycles. The number of anilines is 2. The first-order chi connectivity index (χ1) is 14.6. The molecule has 2 amide bonds. The number of nitrogens with one attached hydrogen (secondary N) is 2. The molecule has 0 saturated heterocycles. The fourth-order valence-electron chi connectivity index (χ4n) is 3.59. The predicted octanol–water partition coefficient (Wildman–Crippen LogP) is 3.38. The Morgan fingerprint density at radius 3 is 2.60 bits per heavy atom. The second-order valence-electron chi connectivity index (χ2n) is 6.91. The highest BCUT2D eigenvalue weighted by molar-refractivity contribution is 5.99. The minimum atomic E-state index is -0.585. The number of ether oxygens (including phenoxy) is 2. The summed E-state index contributed by atoms with van der Waals surface area (Å²) in [5.74, 6) is 0.966. The third kappa shape index (κ3) is 3.84. The molecule has 0 fully saturated rings. The Morgan fingerprint density at radius 2 is 1.80 bits per heavy atom. The third-order valence-electron chi connectivity index (χ3n) is 5.07. The van der Waals surface area contributed by atoms with E-state index in [1.807, 2.05) is 12.1 Å². The topological polar surface area (TPSA) is 94.5 Å². The van der Waals surface area contributed by atoms with Crippen LogP contribution >= 0.6 is 0 Å². The molecule has 3 aromatic rings. The molecule has 1 aliphatic carbocycles. The predicted molar refractivity (Wildman–Crippen MR) is 114 cm³/mol. The van der Waals surface area contributed by atoms with Crippen molar-refractivity contribution in [2.24, 2.45) is 0 Å². The van der Waals surface area contributed by atoms with Gasteiger partial charge in [-0.1, -0.05) is 6.07 Å². The maximum absolute atomic E-state index is 12.9. The van der Waals surface area contributed by atoms with E-state index in [9.17, 15) is 9.59 Å². The van der Waals surface area contributed by atoms with Crippen molar-refractivity contribution < 1.29 is 14.3 Å². The number of carbonyl (C=O) groups is 1. The van der Waals surface area contributed by atoms with Crippen molar-refractivity contribution >= 4 is 17.5 Å². The van der Waals surface area contributed by atoms with Gasteiger partial charge in [-0.25, -0.2) is 9.78 Å². The minimum absolute atomic E-state index is 0.0593. The molecule has 0 spiro atoms. The number of aromatic nitrogens is 2. The Kier molecular flexibility index (Phi) is 5.38. The first-order valence-corrected chi connectivity index (χ1v) is 9.59. The molecule has 0 bridgehead atoms. The molecule has 30 heavy (non-hydrogen) atoms. The number of hydrogen-bond acceptors (Lipinski definition) is 5. The van der Waals surface area contributed by atoms with E-state index in [0.717, 1.165) is 24.9 Å². The molecule has 2 aromatic carbocycles. The fourth-order valence-corrected chi connectivity index (χ4v) is 3.59. The van der Waals surface area contributed by atoms with Crippen LogP contribution in [0.15, 0.2) is 53.6 Å². The average Bonchev–Trinajstić information content (AvgIpc) is 3.23. The van der Waals surface area contributed by atoms with E-state index in [-0.39, 0.29) is 5.82 Å². The van der Waals surface area contributed by atoms with Crippen molar-refractivity contribution in [1.82, 2.24) is 9.55 Å². The highest BCUT2D eigenvalue weighted by atomic mass is 16.5. The van der Waals surface area contributed by atoms with Gasteiger partial charge in [-0.2, -0.15) is 0 Å². The number of fused-ring (bicyclic) bond motifs is 1. The van der Waals surface area contributed by atoms with Crippen molar-refractivity contribution in [3.05, 3.63) is 70.3 Å². The fraction of sp³-hybridized carbons (Fsp3) is 0.227. The standard InChI is InChI=1S/C22H22N4O4/c1-29-18-9-7-16(13-19(18)30-2)24-22(28)25-20-21(27)26(11-10-23-20)17-8-6-14-4-3-5-15(14)12-17/h6-13H,3-5H2,1-2H3,(H2,23,24,25,28). The number of benzene rings is 2. The van der Waals surface area contributed by atoms with Gasteiger partial charge in [0.05, 0.1) is 14.2 Å². The first-order valence-electron chi connectivity index (χ1n) is 9.59. The summed E-state index contributed by atoms with van der Waals surface area (Å²) in [6, 6.07) is 10.4. The highest BCUT2D eigenvalue weighted by Crippen LogP contribution is 2.29. The van der Waals surface area contributed by atoms with Gasteiger partial charge in [0.25, 0.3) is 5.56 Å². The summed E-state index contributed by atoms with van der Waals surface area (Å²) in [7, 11) is 3.04. The lowest BCUT2D eigenvalue weighted by atomic mass is 10.1. The van der Waals surface area contributed by atoms with E-state index in [4.69, 9.17) is 9.47 Å². The smallest absolute Gasteiger partial charge is 0.325 e. The molecule has 0 radical (unpaired) electrons. The van der Waals surface area contributed by atoms with E-state index < -0.39 is 11.6 Å². The van der Waals surface area contributed by atoms with Gasteiger partial charge in [-0.3, -0.25) is 14.7 Å². The minimum Gasteiger partial charge on any atom is -0.493 e. The second-order valence-corrected chi connectivity index (χ2v) is 6.91. The van der Waals surface area contributed by atoms with Crippen LogP contribution in [0.3, 0.4) is 0 Å². The normalized spacial score (nSPS) is 12.2. The van der Waals surface area contributed by atoms with Crippen LogP contribution in [-0.2, 0) is 12.8 Å². The van der Waals surface area contributed by atoms with Gasteiger partial charge in [0.15, 0.2) is 11.5 Å². The first kappa shape index (κ1) is 19.5. The number of nitrogens with zero attached hydrogens (tertiary/aromatic N) is 2. The number of methoxy groups -OCH3 is 2. The van der Waals surface area contributed by atoms with Crippen LogP contribution in [0.1, 0.15) is 17.5 Å². The quantitative estimate of drug-likeness (QED) is 0.677. The maximum Gasteiger partial charge on any atom is 0.325 e. The highest BCUT2D eigenvalue weighted by Gasteiger charge is 2.14. The average molecular weight is 406 g/mol. The van der Waals surface area contributed by atoms with E-state index in [2.05, 4.69) is 21.7 Å². The van der Waals surface area contributed by atoms with Crippen LogP contribution in [0.5, 0.6) is 11.5 Å². The van der Waals surface area contributed by atoms with Gasteiger partial charge >= 0.3 is 6.03 Å². The van der Waals surface area contributed by atoms with Crippen molar-refractivity contribution in [2.45, 2.75) is 19.3 Å². The van der Waals surface area contributed by atoms with Crippen molar-refractivity contribution in [1.29, 1.82) is 0 Å². The number of carbonyl (C=O) groups excluding carboxylic acids is 1. The second kappa shape index (κ2) is 8.28. The molecule has 8 nitrogen and oxygen atoms in total. The van der Waals surface area contributed by atoms with Gasteiger partial charge in [-0.05, 0) is 54.7 Å². The van der Waals surface area contributed by atoms with Crippen molar-refractivity contribution in [2.75, 3.05) is 24.9 Å². The third-order valence-corrected chi connectivity index (χ3v) is 5.07. The van der Waals surface area contributed by atoms with E-state index in [1.165, 1.54) is 36.1 Å². The number of hydrogen-bond donors (Lipinski definition) is 2. The molecule has 0 unspecified atom stereocenters. The van der Waals surface area contributed by atoms with Gasteiger partial charge < -0.3 is 14.8 Å². The van der Waals surface area contributed by atoms with Gasteiger partial charge in [0.2, 0.25) is 5.82 Å². The zero-order valence-corrected chi connectivity index (χ0v) is 16.8. The van der Waals surface area contributed by atoms with Crippen LogP contribution in [0.25, 0.3) is 5.69 Å². The molecule has 1 aromatic heterocycles. The Balaban J connectivity index is 1.53. The van der Waals surface area contributed by atoms with Crippen LogP contribution < -0.4 is 25.7 Å². The summed E-state index contributed by atoms with van der Waals surface area (Å²) >= 11 is 0. The lowest BCUT2D eigenvalue weighted by molar-refractivity contribution is 0.262. The zero-order valence-electron chi connectivity index (χ0n) is 16.8.